The minimum Gasteiger partial charge on any atom is -0.426 e. The highest BCUT2D eigenvalue weighted by Crippen LogP contribution is 2.45. The van der Waals surface area contributed by atoms with Crippen LogP contribution in [0.5, 0.6) is 5.75 Å². The lowest BCUT2D eigenvalue weighted by Crippen LogP contribution is -2.18. The molecule has 0 N–H and O–H groups in total. The number of nitro groups is 1. The molecule has 0 fully saturated rings. The SMILES string of the molecule is O=C(Oc1cccc([N+](=O)[O-])c1)C1c2ccccc2-c2ccccc21. The largest absolute Gasteiger partial charge is 0.426 e. The number of nitrogens with zero attached hydrogens (tertiary/aromatic N) is 1. The summed E-state index contributed by atoms with van der Waals surface area (Å²) in [6.07, 6.45) is 0. The number of non-ortho nitro benzene ring substituents is 1. The number of carbonyl (C=O) groups is 1. The van der Waals surface area contributed by atoms with Crippen molar-refractivity contribution in [2.45, 2.75) is 5.92 Å². The Labute approximate surface area is 143 Å². The summed E-state index contributed by atoms with van der Waals surface area (Å²) in [4.78, 5) is 23.2. The molecule has 1 aliphatic rings. The van der Waals surface area contributed by atoms with E-state index in [9.17, 15) is 14.9 Å². The van der Waals surface area contributed by atoms with Crippen molar-refractivity contribution >= 4 is 11.7 Å². The summed E-state index contributed by atoms with van der Waals surface area (Å²) in [5.41, 5.74) is 3.69. The molecule has 5 nitrogen and oxygen atoms in total. The molecule has 3 aromatic rings. The number of nitro benzene ring substituents is 1. The Morgan fingerprint density at radius 1 is 0.880 bits per heavy atom. The fourth-order valence-electron chi connectivity index (χ4n) is 3.25. The van der Waals surface area contributed by atoms with Gasteiger partial charge in [-0.25, -0.2) is 0 Å². The van der Waals surface area contributed by atoms with Crippen LogP contribution < -0.4 is 4.74 Å². The van der Waals surface area contributed by atoms with Gasteiger partial charge in [0.25, 0.3) is 5.69 Å². The second-order valence-corrected chi connectivity index (χ2v) is 5.78. The van der Waals surface area contributed by atoms with Crippen LogP contribution in [0, 0.1) is 10.1 Å². The molecular formula is C20H13NO4. The topological polar surface area (TPSA) is 69.4 Å². The maximum atomic E-state index is 12.8. The van der Waals surface area contributed by atoms with Crippen molar-refractivity contribution in [1.29, 1.82) is 0 Å². The van der Waals surface area contributed by atoms with E-state index in [1.54, 1.807) is 0 Å². The minimum atomic E-state index is -0.535. The molecule has 5 heteroatoms. The van der Waals surface area contributed by atoms with Crippen LogP contribution in [-0.4, -0.2) is 10.9 Å². The number of ether oxygens (including phenoxy) is 1. The summed E-state index contributed by atoms with van der Waals surface area (Å²) in [5.74, 6) is -0.814. The lowest BCUT2D eigenvalue weighted by atomic mass is 9.97. The molecule has 122 valence electrons. The van der Waals surface area contributed by atoms with Crippen LogP contribution in [0.4, 0.5) is 5.69 Å². The maximum Gasteiger partial charge on any atom is 0.323 e. The van der Waals surface area contributed by atoms with E-state index in [1.165, 1.54) is 24.3 Å². The predicted molar refractivity (Wildman–Crippen MR) is 92.5 cm³/mol. The molecule has 0 spiro atoms. The molecule has 0 atom stereocenters. The van der Waals surface area contributed by atoms with Crippen LogP contribution in [0.2, 0.25) is 0 Å². The smallest absolute Gasteiger partial charge is 0.323 e. The standard InChI is InChI=1S/C20H13NO4/c22-20(25-14-7-5-6-13(12-14)21(23)24)19-17-10-3-1-8-15(17)16-9-2-4-11-18(16)19/h1-12,19H. The predicted octanol–water partition coefficient (Wildman–Crippen LogP) is 4.31. The van der Waals surface area contributed by atoms with Gasteiger partial charge in [0.15, 0.2) is 0 Å². The van der Waals surface area contributed by atoms with E-state index in [0.29, 0.717) is 0 Å². The molecular weight excluding hydrogens is 318 g/mol. The second kappa shape index (κ2) is 5.87. The molecule has 0 aliphatic heterocycles. The molecule has 0 heterocycles. The zero-order chi connectivity index (χ0) is 17.4. The zero-order valence-corrected chi connectivity index (χ0v) is 13.1. The van der Waals surface area contributed by atoms with E-state index >= 15 is 0 Å². The molecule has 0 radical (unpaired) electrons. The summed E-state index contributed by atoms with van der Waals surface area (Å²) in [7, 11) is 0. The highest BCUT2D eigenvalue weighted by molar-refractivity contribution is 5.94. The van der Waals surface area contributed by atoms with E-state index in [0.717, 1.165) is 22.3 Å². The average Bonchev–Trinajstić information content (AvgIpc) is 2.96. The molecule has 4 rings (SSSR count). The van der Waals surface area contributed by atoms with Gasteiger partial charge in [-0.1, -0.05) is 54.6 Å². The molecule has 0 saturated carbocycles. The highest BCUT2D eigenvalue weighted by Gasteiger charge is 2.34. The van der Waals surface area contributed by atoms with Crippen LogP contribution in [0.3, 0.4) is 0 Å². The van der Waals surface area contributed by atoms with Crippen molar-refractivity contribution in [3.05, 3.63) is 94.0 Å². The van der Waals surface area contributed by atoms with E-state index in [2.05, 4.69) is 0 Å². The van der Waals surface area contributed by atoms with Crippen molar-refractivity contribution in [3.8, 4) is 16.9 Å². The Balaban J connectivity index is 1.71. The molecule has 0 aromatic heterocycles. The first-order valence-corrected chi connectivity index (χ1v) is 7.79. The van der Waals surface area contributed by atoms with Crippen LogP contribution >= 0.6 is 0 Å². The minimum absolute atomic E-state index is 0.113. The van der Waals surface area contributed by atoms with Gasteiger partial charge < -0.3 is 4.74 Å². The first-order chi connectivity index (χ1) is 12.1. The molecule has 0 amide bonds. The van der Waals surface area contributed by atoms with Crippen molar-refractivity contribution in [2.75, 3.05) is 0 Å². The Kier molecular flexibility index (Phi) is 3.54. The van der Waals surface area contributed by atoms with Gasteiger partial charge in [0.2, 0.25) is 0 Å². The monoisotopic (exact) mass is 331 g/mol. The molecule has 0 saturated heterocycles. The Bertz CT molecular complexity index is 951. The van der Waals surface area contributed by atoms with Crippen LogP contribution in [-0.2, 0) is 4.79 Å². The van der Waals surface area contributed by atoms with Crippen molar-refractivity contribution < 1.29 is 14.5 Å². The lowest BCUT2D eigenvalue weighted by Gasteiger charge is -2.12. The van der Waals surface area contributed by atoms with Gasteiger partial charge in [-0.05, 0) is 28.3 Å². The van der Waals surface area contributed by atoms with Crippen molar-refractivity contribution in [1.82, 2.24) is 0 Å². The summed E-state index contributed by atoms with van der Waals surface area (Å²) in [6, 6.07) is 21.1. The number of benzene rings is 3. The second-order valence-electron chi connectivity index (χ2n) is 5.78. The van der Waals surface area contributed by atoms with Gasteiger partial charge in [-0.2, -0.15) is 0 Å². The van der Waals surface area contributed by atoms with E-state index in [-0.39, 0.29) is 11.4 Å². The van der Waals surface area contributed by atoms with Gasteiger partial charge in [0.05, 0.1) is 11.0 Å². The lowest BCUT2D eigenvalue weighted by molar-refractivity contribution is -0.384. The van der Waals surface area contributed by atoms with Gasteiger partial charge in [0.1, 0.15) is 11.7 Å². The number of hydrogen-bond donors (Lipinski definition) is 0. The van der Waals surface area contributed by atoms with Crippen molar-refractivity contribution in [2.24, 2.45) is 0 Å². The first kappa shape index (κ1) is 15.1. The summed E-state index contributed by atoms with van der Waals surface area (Å²) >= 11 is 0. The van der Waals surface area contributed by atoms with E-state index in [1.807, 2.05) is 48.5 Å². The molecule has 3 aromatic carbocycles. The number of hydrogen-bond acceptors (Lipinski definition) is 4. The van der Waals surface area contributed by atoms with Crippen LogP contribution in [0.1, 0.15) is 17.0 Å². The summed E-state index contributed by atoms with van der Waals surface area (Å²) < 4.78 is 5.46. The van der Waals surface area contributed by atoms with Gasteiger partial charge in [-0.3, -0.25) is 14.9 Å². The summed E-state index contributed by atoms with van der Waals surface area (Å²) in [5, 5.41) is 10.9. The number of rotatable bonds is 3. The number of esters is 1. The quantitative estimate of drug-likeness (QED) is 0.310. The third-order valence-corrected chi connectivity index (χ3v) is 4.32. The van der Waals surface area contributed by atoms with Crippen LogP contribution in [0.25, 0.3) is 11.1 Å². The Morgan fingerprint density at radius 2 is 1.48 bits per heavy atom. The maximum absolute atomic E-state index is 12.8. The van der Waals surface area contributed by atoms with Crippen LogP contribution in [0.15, 0.2) is 72.8 Å². The molecule has 0 unspecified atom stereocenters. The third kappa shape index (κ3) is 2.55. The van der Waals surface area contributed by atoms with Gasteiger partial charge >= 0.3 is 5.97 Å². The molecule has 1 aliphatic carbocycles. The summed E-state index contributed by atoms with van der Waals surface area (Å²) in [6.45, 7) is 0. The number of carbonyl (C=O) groups excluding carboxylic acids is 1. The molecule has 25 heavy (non-hydrogen) atoms. The average molecular weight is 331 g/mol. The zero-order valence-electron chi connectivity index (χ0n) is 13.1. The highest BCUT2D eigenvalue weighted by atomic mass is 16.6. The normalized spacial score (nSPS) is 12.3. The van der Waals surface area contributed by atoms with Gasteiger partial charge in [-0.15, -0.1) is 0 Å². The van der Waals surface area contributed by atoms with Gasteiger partial charge in [0, 0.05) is 6.07 Å². The fourth-order valence-corrected chi connectivity index (χ4v) is 3.25. The van der Waals surface area contributed by atoms with E-state index in [4.69, 9.17) is 4.74 Å². The third-order valence-electron chi connectivity index (χ3n) is 4.32. The first-order valence-electron chi connectivity index (χ1n) is 7.79. The van der Waals surface area contributed by atoms with Crippen molar-refractivity contribution in [3.63, 3.8) is 0 Å². The fraction of sp³-hybridized carbons (Fsp3) is 0.0500. The Hall–Kier alpha value is -3.47. The Morgan fingerprint density at radius 3 is 2.08 bits per heavy atom. The molecule has 0 bridgehead atoms. The number of fused-ring (bicyclic) bond motifs is 3. The van der Waals surface area contributed by atoms with E-state index < -0.39 is 16.8 Å².